The van der Waals surface area contributed by atoms with E-state index in [1.54, 1.807) is 0 Å². The Hall–Kier alpha value is -6.14. The minimum atomic E-state index is -5.00. The van der Waals surface area contributed by atoms with Crippen LogP contribution in [-0.4, -0.2) is 54.1 Å². The fraction of sp³-hybridized carbons (Fsp3) is 0.172. The van der Waals surface area contributed by atoms with E-state index in [0.717, 1.165) is 54.2 Å². The maximum absolute atomic E-state index is 13.6. The lowest BCUT2D eigenvalue weighted by Gasteiger charge is -2.12. The fourth-order valence-corrected chi connectivity index (χ4v) is 4.39. The number of pyridine rings is 1. The number of alkyl halides is 6. The van der Waals surface area contributed by atoms with Crippen molar-refractivity contribution in [3.63, 3.8) is 0 Å². The topological polar surface area (TPSA) is 196 Å². The highest BCUT2D eigenvalue weighted by molar-refractivity contribution is 5.96. The largest absolute Gasteiger partial charge is 0.478 e. The van der Waals surface area contributed by atoms with Crippen molar-refractivity contribution in [3.05, 3.63) is 94.4 Å². The molecule has 1 fully saturated rings. The van der Waals surface area contributed by atoms with Crippen LogP contribution in [0.2, 0.25) is 0 Å². The number of benzene rings is 2. The monoisotopic (exact) mass is 674 g/mol. The van der Waals surface area contributed by atoms with Crippen LogP contribution in [0.15, 0.2) is 66.0 Å². The van der Waals surface area contributed by atoms with E-state index in [9.17, 15) is 40.7 Å². The summed E-state index contributed by atoms with van der Waals surface area (Å²) in [5.74, 6) is -4.13. The number of nitrogens with zero attached hydrogens (tertiary/aromatic N) is 5. The lowest BCUT2D eigenvalue weighted by molar-refractivity contribution is -0.138. The van der Waals surface area contributed by atoms with E-state index in [1.807, 2.05) is 0 Å². The van der Waals surface area contributed by atoms with Gasteiger partial charge in [-0.15, -0.1) is 5.10 Å². The number of carboxylic acids is 2. The maximum atomic E-state index is 13.6. The number of carbonyl (C=O) groups is 3. The predicted octanol–water partition coefficient (Wildman–Crippen LogP) is 6.10. The third-order valence-electron chi connectivity index (χ3n) is 6.87. The van der Waals surface area contributed by atoms with Crippen molar-refractivity contribution in [2.24, 2.45) is 5.11 Å². The van der Waals surface area contributed by atoms with Gasteiger partial charge in [-0.05, 0) is 61.4 Å². The van der Waals surface area contributed by atoms with Crippen LogP contribution in [-0.2, 0) is 12.4 Å². The lowest BCUT2D eigenvalue weighted by atomic mass is 10.1. The molecule has 19 heteroatoms. The van der Waals surface area contributed by atoms with Crippen LogP contribution in [0.4, 0.5) is 32.0 Å². The molecular weight excluding hydrogens is 654 g/mol. The first kappa shape index (κ1) is 33.2. The number of carboxylic acid groups (broad SMARTS) is 2. The van der Waals surface area contributed by atoms with Crippen LogP contribution < -0.4 is 10.6 Å². The molecule has 0 saturated heterocycles. The molecule has 0 atom stereocenters. The zero-order valence-electron chi connectivity index (χ0n) is 23.9. The number of carbonyl (C=O) groups excluding carboxylic acids is 1. The van der Waals surface area contributed by atoms with Gasteiger partial charge >= 0.3 is 24.3 Å². The molecule has 0 spiro atoms. The van der Waals surface area contributed by atoms with Crippen molar-refractivity contribution in [3.8, 4) is 17.1 Å². The molecule has 2 heterocycles. The average molecular weight is 675 g/mol. The molecule has 5 N–H and O–H groups in total. The third-order valence-corrected chi connectivity index (χ3v) is 6.87. The molecule has 1 aliphatic carbocycles. The first-order valence-electron chi connectivity index (χ1n) is 13.5. The smallest absolute Gasteiger partial charge is 0.417 e. The van der Waals surface area contributed by atoms with E-state index in [2.05, 4.69) is 31.0 Å². The van der Waals surface area contributed by atoms with E-state index >= 15 is 0 Å². The summed E-state index contributed by atoms with van der Waals surface area (Å²) in [6, 6.07) is 7.20. The molecule has 4 aromatic rings. The average Bonchev–Trinajstić information content (AvgIpc) is 3.70. The van der Waals surface area contributed by atoms with Crippen LogP contribution in [0.5, 0.6) is 0 Å². The highest BCUT2D eigenvalue weighted by Crippen LogP contribution is 2.35. The number of hydrogen-bond acceptors (Lipinski definition) is 9. The summed E-state index contributed by atoms with van der Waals surface area (Å²) in [7, 11) is 0. The minimum absolute atomic E-state index is 0.00124. The second kappa shape index (κ2) is 12.6. The predicted molar refractivity (Wildman–Crippen MR) is 152 cm³/mol. The van der Waals surface area contributed by atoms with Crippen LogP contribution in [0, 0.1) is 5.53 Å². The Morgan fingerprint density at radius 2 is 1.52 bits per heavy atom. The molecule has 248 valence electrons. The molecule has 0 aliphatic heterocycles. The van der Waals surface area contributed by atoms with Gasteiger partial charge in [-0.25, -0.2) is 24.8 Å². The van der Waals surface area contributed by atoms with Crippen molar-refractivity contribution in [2.75, 3.05) is 5.32 Å². The summed E-state index contributed by atoms with van der Waals surface area (Å²) in [5.41, 5.74) is 1.86. The van der Waals surface area contributed by atoms with Gasteiger partial charge in [-0.2, -0.15) is 31.5 Å². The van der Waals surface area contributed by atoms with E-state index in [4.69, 9.17) is 15.7 Å². The molecule has 13 nitrogen and oxygen atoms in total. The Morgan fingerprint density at radius 1 is 0.896 bits per heavy atom. The van der Waals surface area contributed by atoms with E-state index in [1.165, 1.54) is 12.1 Å². The Labute approximate surface area is 264 Å². The standard InChI is InChI=1S/C29H20F6N8O5/c30-28(31,32)19-9-15(3-5-17(19)26(45)46)37-11-23(40-36)21-7-13(25(44)38-14-1-2-14)8-22(39-21)24-12-43(42-41-24)16-4-6-18(27(47)48)20(10-16)29(33,34)35/h3-12,14,36-37H,1-2H2,(H,38,44)(H,45,46)(H,47,48)/b23-11-,40-36?. The second-order valence-corrected chi connectivity index (χ2v) is 10.3. The number of aromatic nitrogens is 4. The van der Waals surface area contributed by atoms with Gasteiger partial charge < -0.3 is 20.8 Å². The number of hydrogen-bond donors (Lipinski definition) is 5. The zero-order valence-corrected chi connectivity index (χ0v) is 23.9. The molecule has 0 radical (unpaired) electrons. The van der Waals surface area contributed by atoms with Gasteiger partial charge in [0.05, 0.1) is 45.5 Å². The number of nitrogens with one attached hydrogen (secondary N) is 3. The van der Waals surface area contributed by atoms with Crippen molar-refractivity contribution >= 4 is 29.2 Å². The summed E-state index contributed by atoms with van der Waals surface area (Å²) in [6.07, 6.45) is -6.37. The SMILES string of the molecule is N=N/C(=C\Nc1ccc(C(=O)O)c(C(F)(F)F)c1)c1cc(C(=O)NC2CC2)cc(-c2cn(-c3ccc(C(=O)O)c(C(F)(F)F)c3)nn2)n1. The number of rotatable bonds is 10. The highest BCUT2D eigenvalue weighted by Gasteiger charge is 2.37. The number of aromatic carboxylic acids is 2. The quantitative estimate of drug-likeness (QED) is 0.0976. The summed E-state index contributed by atoms with van der Waals surface area (Å²) >= 11 is 0. The maximum Gasteiger partial charge on any atom is 0.417 e. The fourth-order valence-electron chi connectivity index (χ4n) is 4.39. The van der Waals surface area contributed by atoms with Gasteiger partial charge in [0.2, 0.25) is 0 Å². The highest BCUT2D eigenvalue weighted by atomic mass is 19.4. The molecule has 5 rings (SSSR count). The van der Waals surface area contributed by atoms with Gasteiger partial charge in [0.15, 0.2) is 0 Å². The van der Waals surface area contributed by atoms with Crippen molar-refractivity contribution < 1.29 is 50.9 Å². The molecule has 1 aliphatic rings. The van der Waals surface area contributed by atoms with Gasteiger partial charge in [-0.3, -0.25) is 4.79 Å². The Morgan fingerprint density at radius 3 is 2.10 bits per heavy atom. The van der Waals surface area contributed by atoms with Crippen molar-refractivity contribution in [1.29, 1.82) is 5.53 Å². The molecule has 2 aromatic heterocycles. The van der Waals surface area contributed by atoms with Gasteiger partial charge in [0.25, 0.3) is 5.91 Å². The van der Waals surface area contributed by atoms with Crippen LogP contribution >= 0.6 is 0 Å². The summed E-state index contributed by atoms with van der Waals surface area (Å²) in [5, 5.41) is 34.6. The van der Waals surface area contributed by atoms with Gasteiger partial charge in [0, 0.05) is 23.5 Å². The van der Waals surface area contributed by atoms with Gasteiger partial charge in [-0.1, -0.05) is 5.21 Å². The Bertz CT molecular complexity index is 1990. The van der Waals surface area contributed by atoms with Crippen LogP contribution in [0.1, 0.15) is 60.7 Å². The molecule has 0 bridgehead atoms. The number of anilines is 1. The first-order chi connectivity index (χ1) is 22.5. The van der Waals surface area contributed by atoms with Crippen molar-refractivity contribution in [2.45, 2.75) is 31.2 Å². The Balaban J connectivity index is 1.53. The molecule has 2 aromatic carbocycles. The number of amides is 1. The second-order valence-electron chi connectivity index (χ2n) is 10.3. The van der Waals surface area contributed by atoms with Gasteiger partial charge in [0.1, 0.15) is 11.4 Å². The normalized spacial score (nSPS) is 13.6. The molecule has 0 unspecified atom stereocenters. The summed E-state index contributed by atoms with van der Waals surface area (Å²) in [6.45, 7) is 0. The minimum Gasteiger partial charge on any atom is -0.478 e. The van der Waals surface area contributed by atoms with Crippen LogP contribution in [0.3, 0.4) is 0 Å². The van der Waals surface area contributed by atoms with E-state index < -0.39 is 52.5 Å². The summed E-state index contributed by atoms with van der Waals surface area (Å²) < 4.78 is 82.1. The van der Waals surface area contributed by atoms with Crippen molar-refractivity contribution in [1.82, 2.24) is 25.3 Å². The molecule has 1 amide bonds. The third kappa shape index (κ3) is 7.29. The Kier molecular flexibility index (Phi) is 8.70. The van der Waals surface area contributed by atoms with E-state index in [0.29, 0.717) is 12.1 Å². The van der Waals surface area contributed by atoms with Crippen LogP contribution in [0.25, 0.3) is 22.8 Å². The number of halogens is 6. The summed E-state index contributed by atoms with van der Waals surface area (Å²) in [4.78, 5) is 39.9. The zero-order chi connectivity index (χ0) is 35.0. The molecular formula is C29H20F6N8O5. The van der Waals surface area contributed by atoms with E-state index in [-0.39, 0.29) is 45.8 Å². The molecule has 1 saturated carbocycles. The first-order valence-corrected chi connectivity index (χ1v) is 13.5. The molecule has 48 heavy (non-hydrogen) atoms. The lowest BCUT2D eigenvalue weighted by Crippen LogP contribution is -2.25.